The van der Waals surface area contributed by atoms with E-state index in [4.69, 9.17) is 4.74 Å². The van der Waals surface area contributed by atoms with E-state index in [0.717, 1.165) is 35.4 Å². The van der Waals surface area contributed by atoms with Crippen LogP contribution < -0.4 is 0 Å². The van der Waals surface area contributed by atoms with Crippen molar-refractivity contribution in [3.63, 3.8) is 0 Å². The number of hydrogen-bond donors (Lipinski definition) is 1. The first-order valence-corrected chi connectivity index (χ1v) is 12.0. The van der Waals surface area contributed by atoms with Crippen LogP contribution in [0.4, 0.5) is 4.39 Å². The Morgan fingerprint density at radius 3 is 2.64 bits per heavy atom. The maximum Gasteiger partial charge on any atom is 0.160 e. The molecule has 1 N–H and O–H groups in total. The monoisotopic (exact) mass is 358 g/mol. The zero-order valence-electron chi connectivity index (χ0n) is 14.8. The number of hydrogen-bond acceptors (Lipinski definition) is 3. The van der Waals surface area contributed by atoms with Gasteiger partial charge in [-0.1, -0.05) is 19.6 Å². The minimum absolute atomic E-state index is 0.266. The number of benzene rings is 1. The number of imidazole rings is 2. The molecule has 0 atom stereocenters. The summed E-state index contributed by atoms with van der Waals surface area (Å²) in [6.07, 6.45) is 5.25. The summed E-state index contributed by atoms with van der Waals surface area (Å²) in [6, 6.07) is 7.42. The summed E-state index contributed by atoms with van der Waals surface area (Å²) >= 11 is 0. The van der Waals surface area contributed by atoms with Crippen LogP contribution in [0.2, 0.25) is 25.7 Å². The predicted octanol–water partition coefficient (Wildman–Crippen LogP) is 4.39. The molecule has 2 heterocycles. The summed E-state index contributed by atoms with van der Waals surface area (Å²) in [5.41, 5.74) is 2.38. The molecular weight excluding hydrogens is 335 g/mol. The Balaban J connectivity index is 1.77. The van der Waals surface area contributed by atoms with Crippen LogP contribution in [-0.2, 0) is 11.5 Å². The lowest BCUT2D eigenvalue weighted by molar-refractivity contribution is 0.0882. The van der Waals surface area contributed by atoms with Crippen molar-refractivity contribution in [3.8, 4) is 22.8 Å². The van der Waals surface area contributed by atoms with Crippen LogP contribution in [0, 0.1) is 5.82 Å². The largest absolute Gasteiger partial charge is 0.361 e. The van der Waals surface area contributed by atoms with Gasteiger partial charge in [-0.05, 0) is 30.3 Å². The van der Waals surface area contributed by atoms with Gasteiger partial charge in [-0.25, -0.2) is 14.4 Å². The molecule has 1 aromatic carbocycles. The summed E-state index contributed by atoms with van der Waals surface area (Å²) in [7, 11) is -1.10. The van der Waals surface area contributed by atoms with Gasteiger partial charge < -0.3 is 14.3 Å². The van der Waals surface area contributed by atoms with Crippen LogP contribution >= 0.6 is 0 Å². The molecule has 2 aromatic heterocycles. The van der Waals surface area contributed by atoms with Crippen LogP contribution in [0.25, 0.3) is 22.8 Å². The molecule has 3 rings (SSSR count). The minimum atomic E-state index is -1.10. The summed E-state index contributed by atoms with van der Waals surface area (Å²) in [5.74, 6) is 0.489. The Morgan fingerprint density at radius 1 is 1.16 bits per heavy atom. The second-order valence-corrected chi connectivity index (χ2v) is 12.8. The number of halogens is 1. The van der Waals surface area contributed by atoms with Gasteiger partial charge in [0, 0.05) is 32.6 Å². The first-order chi connectivity index (χ1) is 11.9. The lowest BCUT2D eigenvalue weighted by atomic mass is 10.1. The average Bonchev–Trinajstić information content (AvgIpc) is 3.20. The SMILES string of the molecule is C[Si](C)(C)CCOCn1ccnc1-c1[nH]cnc1-c1ccc(F)cc1. The zero-order valence-corrected chi connectivity index (χ0v) is 15.8. The first kappa shape index (κ1) is 17.6. The fraction of sp³-hybridized carbons (Fsp3) is 0.333. The smallest absolute Gasteiger partial charge is 0.160 e. The normalized spacial score (nSPS) is 11.8. The molecule has 0 fully saturated rings. The van der Waals surface area contributed by atoms with E-state index in [0.29, 0.717) is 6.73 Å². The van der Waals surface area contributed by atoms with Crippen molar-refractivity contribution >= 4 is 8.07 Å². The third kappa shape index (κ3) is 4.43. The molecule has 0 aliphatic carbocycles. The van der Waals surface area contributed by atoms with E-state index in [9.17, 15) is 4.39 Å². The highest BCUT2D eigenvalue weighted by atomic mass is 28.3. The van der Waals surface area contributed by atoms with Crippen molar-refractivity contribution in [1.82, 2.24) is 19.5 Å². The molecule has 0 amide bonds. The van der Waals surface area contributed by atoms with Gasteiger partial charge in [0.25, 0.3) is 0 Å². The summed E-state index contributed by atoms with van der Waals surface area (Å²) in [5, 5.41) is 0. The molecule has 0 aliphatic rings. The van der Waals surface area contributed by atoms with E-state index in [-0.39, 0.29) is 5.82 Å². The van der Waals surface area contributed by atoms with Gasteiger partial charge in [-0.15, -0.1) is 0 Å². The van der Waals surface area contributed by atoms with Crippen LogP contribution in [0.15, 0.2) is 43.0 Å². The van der Waals surface area contributed by atoms with Gasteiger partial charge in [0.1, 0.15) is 18.2 Å². The molecule has 132 valence electrons. The van der Waals surface area contributed by atoms with Crippen molar-refractivity contribution in [2.75, 3.05) is 6.61 Å². The molecule has 0 spiro atoms. The van der Waals surface area contributed by atoms with Crippen molar-refractivity contribution in [3.05, 3.63) is 48.8 Å². The minimum Gasteiger partial charge on any atom is -0.361 e. The highest BCUT2D eigenvalue weighted by Gasteiger charge is 2.16. The van der Waals surface area contributed by atoms with Crippen molar-refractivity contribution in [2.45, 2.75) is 32.4 Å². The topological polar surface area (TPSA) is 55.7 Å². The van der Waals surface area contributed by atoms with Gasteiger partial charge in [-0.2, -0.15) is 0 Å². The van der Waals surface area contributed by atoms with Crippen LogP contribution in [0.3, 0.4) is 0 Å². The summed E-state index contributed by atoms with van der Waals surface area (Å²) in [4.78, 5) is 12.0. The summed E-state index contributed by atoms with van der Waals surface area (Å²) in [6.45, 7) is 8.19. The molecular formula is C18H23FN4OSi. The van der Waals surface area contributed by atoms with E-state index >= 15 is 0 Å². The van der Waals surface area contributed by atoms with Gasteiger partial charge >= 0.3 is 0 Å². The van der Waals surface area contributed by atoms with E-state index in [1.54, 1.807) is 24.7 Å². The van der Waals surface area contributed by atoms with Gasteiger partial charge in [0.15, 0.2) is 5.82 Å². The third-order valence-electron chi connectivity index (χ3n) is 3.92. The van der Waals surface area contributed by atoms with Crippen molar-refractivity contribution in [1.29, 1.82) is 0 Å². The number of nitrogens with one attached hydrogen (secondary N) is 1. The maximum atomic E-state index is 13.2. The standard InChI is InChI=1S/C18H23FN4OSi/c1-25(2,3)11-10-24-13-23-9-8-20-18(23)17-16(21-12-22-17)14-4-6-15(19)7-5-14/h4-9,12H,10-11,13H2,1-3H3,(H,21,22). The molecule has 25 heavy (non-hydrogen) atoms. The first-order valence-electron chi connectivity index (χ1n) is 8.32. The Morgan fingerprint density at radius 2 is 1.92 bits per heavy atom. The van der Waals surface area contributed by atoms with Gasteiger partial charge in [0.2, 0.25) is 0 Å². The lowest BCUT2D eigenvalue weighted by Crippen LogP contribution is -2.22. The van der Waals surface area contributed by atoms with Gasteiger partial charge in [-0.3, -0.25) is 0 Å². The average molecular weight is 358 g/mol. The Labute approximate surface area is 147 Å². The maximum absolute atomic E-state index is 13.2. The van der Waals surface area contributed by atoms with Crippen LogP contribution in [0.1, 0.15) is 0 Å². The number of H-pyrrole nitrogens is 1. The molecule has 0 saturated heterocycles. The van der Waals surface area contributed by atoms with E-state index < -0.39 is 8.07 Å². The van der Waals surface area contributed by atoms with E-state index in [1.165, 1.54) is 12.1 Å². The second-order valence-electron chi connectivity index (χ2n) is 7.20. The number of nitrogens with zero attached hydrogens (tertiary/aromatic N) is 3. The molecule has 5 nitrogen and oxygen atoms in total. The third-order valence-corrected chi connectivity index (χ3v) is 5.63. The Kier molecular flexibility index (Phi) is 5.15. The zero-order chi connectivity index (χ0) is 17.9. The number of rotatable bonds is 7. The Hall–Kier alpha value is -2.25. The fourth-order valence-electron chi connectivity index (χ4n) is 2.47. The number of ether oxygens (including phenoxy) is 1. The van der Waals surface area contributed by atoms with Crippen molar-refractivity contribution in [2.24, 2.45) is 0 Å². The van der Waals surface area contributed by atoms with E-state index in [2.05, 4.69) is 34.6 Å². The predicted molar refractivity (Wildman–Crippen MR) is 99.3 cm³/mol. The molecule has 3 aromatic rings. The second kappa shape index (κ2) is 7.33. The molecule has 0 aliphatic heterocycles. The highest BCUT2D eigenvalue weighted by Crippen LogP contribution is 2.28. The number of aromatic amines is 1. The molecule has 0 unspecified atom stereocenters. The molecule has 0 saturated carbocycles. The number of aromatic nitrogens is 4. The molecule has 0 bridgehead atoms. The van der Waals surface area contributed by atoms with Crippen molar-refractivity contribution < 1.29 is 9.13 Å². The van der Waals surface area contributed by atoms with Gasteiger partial charge in [0.05, 0.1) is 12.0 Å². The van der Waals surface area contributed by atoms with Crippen LogP contribution in [0.5, 0.6) is 0 Å². The molecule has 0 radical (unpaired) electrons. The lowest BCUT2D eigenvalue weighted by Gasteiger charge is -2.16. The summed E-state index contributed by atoms with van der Waals surface area (Å²) < 4.78 is 20.9. The quantitative estimate of drug-likeness (QED) is 0.503. The van der Waals surface area contributed by atoms with E-state index in [1.807, 2.05) is 10.8 Å². The fourth-order valence-corrected chi connectivity index (χ4v) is 3.23. The van der Waals surface area contributed by atoms with Crippen LogP contribution in [-0.4, -0.2) is 34.2 Å². The molecule has 7 heteroatoms. The highest BCUT2D eigenvalue weighted by molar-refractivity contribution is 6.76. The Bertz CT molecular complexity index is 820.